The molecule has 0 radical (unpaired) electrons. The van der Waals surface area contributed by atoms with Crippen molar-refractivity contribution < 1.29 is 0 Å². The summed E-state index contributed by atoms with van der Waals surface area (Å²) >= 11 is 0. The molecule has 1 saturated heterocycles. The van der Waals surface area contributed by atoms with Gasteiger partial charge in [-0.15, -0.1) is 6.58 Å². The van der Waals surface area contributed by atoms with E-state index in [1.807, 2.05) is 12.3 Å². The lowest BCUT2D eigenvalue weighted by atomic mass is 9.92. The maximum Gasteiger partial charge on any atom is 0.0982 e. The zero-order valence-electron chi connectivity index (χ0n) is 8.82. The third-order valence-electron chi connectivity index (χ3n) is 2.85. The summed E-state index contributed by atoms with van der Waals surface area (Å²) in [5.74, 6) is 1.12. The topological polar surface area (TPSA) is 41.6 Å². The number of hydrogen-bond acceptors (Lipinski definition) is 2. The van der Waals surface area contributed by atoms with E-state index in [1.165, 1.54) is 0 Å². The van der Waals surface area contributed by atoms with E-state index in [1.54, 1.807) is 7.05 Å². The second-order valence-corrected chi connectivity index (χ2v) is 3.61. The molecule has 1 rings (SSSR count). The van der Waals surface area contributed by atoms with E-state index < -0.39 is 0 Å². The quantitative estimate of drug-likeness (QED) is 0.418. The lowest BCUT2D eigenvalue weighted by Crippen LogP contribution is -2.43. The molecule has 0 bridgehead atoms. The zero-order valence-corrected chi connectivity index (χ0v) is 8.82. The molecule has 0 spiro atoms. The minimum Gasteiger partial charge on any atom is -0.387 e. The normalized spacial score (nSPS) is 28.6. The van der Waals surface area contributed by atoms with E-state index in [0.717, 1.165) is 25.2 Å². The van der Waals surface area contributed by atoms with Crippen LogP contribution >= 0.6 is 0 Å². The summed E-state index contributed by atoms with van der Waals surface area (Å²) in [6.07, 6.45) is 6.00. The molecule has 0 amide bonds. The second kappa shape index (κ2) is 4.84. The minimum absolute atomic E-state index is 0.370. The van der Waals surface area contributed by atoms with E-state index in [4.69, 9.17) is 5.73 Å². The van der Waals surface area contributed by atoms with Gasteiger partial charge in [-0.3, -0.25) is 4.99 Å². The molecule has 3 nitrogen and oxygen atoms in total. The molecular weight excluding hydrogens is 174 g/mol. The number of piperidine rings is 1. The van der Waals surface area contributed by atoms with Gasteiger partial charge in [0.05, 0.1) is 5.84 Å². The number of hydrogen-bond donors (Lipinski definition) is 1. The number of amidine groups is 1. The average molecular weight is 193 g/mol. The fraction of sp³-hybridized carbons (Fsp3) is 0.545. The van der Waals surface area contributed by atoms with E-state index >= 15 is 0 Å². The lowest BCUT2D eigenvalue weighted by molar-refractivity contribution is 0.224. The van der Waals surface area contributed by atoms with Crippen molar-refractivity contribution >= 4 is 5.84 Å². The molecule has 1 aliphatic rings. The Morgan fingerprint density at radius 1 is 1.50 bits per heavy atom. The maximum atomic E-state index is 5.81. The molecule has 0 saturated carbocycles. The average Bonchev–Trinajstić information content (AvgIpc) is 2.26. The molecule has 0 aromatic heterocycles. The van der Waals surface area contributed by atoms with Gasteiger partial charge in [-0.2, -0.15) is 0 Å². The number of rotatable bonds is 3. The van der Waals surface area contributed by atoms with Crippen molar-refractivity contribution in [3.8, 4) is 0 Å². The van der Waals surface area contributed by atoms with E-state index in [-0.39, 0.29) is 0 Å². The molecule has 78 valence electrons. The maximum absolute atomic E-state index is 5.81. The molecular formula is C11H19N3. The van der Waals surface area contributed by atoms with Gasteiger partial charge in [-0.05, 0) is 19.0 Å². The van der Waals surface area contributed by atoms with Gasteiger partial charge < -0.3 is 10.6 Å². The Balaban J connectivity index is 2.65. The van der Waals surface area contributed by atoms with Gasteiger partial charge in [-0.25, -0.2) is 0 Å². The van der Waals surface area contributed by atoms with Crippen molar-refractivity contribution in [3.05, 3.63) is 25.4 Å². The van der Waals surface area contributed by atoms with Crippen LogP contribution < -0.4 is 5.73 Å². The predicted molar refractivity (Wildman–Crippen MR) is 61.2 cm³/mol. The molecule has 14 heavy (non-hydrogen) atoms. The van der Waals surface area contributed by atoms with Crippen LogP contribution in [0.4, 0.5) is 0 Å². The van der Waals surface area contributed by atoms with Gasteiger partial charge in [0.2, 0.25) is 0 Å². The van der Waals surface area contributed by atoms with Crippen LogP contribution in [0.15, 0.2) is 30.4 Å². The van der Waals surface area contributed by atoms with Crippen LogP contribution in [-0.4, -0.2) is 30.4 Å². The third-order valence-corrected chi connectivity index (χ3v) is 2.85. The first-order valence-electron chi connectivity index (χ1n) is 4.96. The Morgan fingerprint density at radius 3 is 2.71 bits per heavy atom. The highest BCUT2D eigenvalue weighted by molar-refractivity contribution is 5.83. The Hall–Kier alpha value is -1.25. The molecule has 1 fully saturated rings. The Kier molecular flexibility index (Phi) is 3.74. The highest BCUT2D eigenvalue weighted by Crippen LogP contribution is 2.22. The molecule has 0 aromatic rings. The van der Waals surface area contributed by atoms with Gasteiger partial charge in [-0.1, -0.05) is 12.7 Å². The van der Waals surface area contributed by atoms with Crippen LogP contribution in [0.1, 0.15) is 12.8 Å². The predicted octanol–water partition coefficient (Wildman–Crippen LogP) is 1.38. The summed E-state index contributed by atoms with van der Waals surface area (Å²) in [5, 5.41) is 0. The summed E-state index contributed by atoms with van der Waals surface area (Å²) in [4.78, 5) is 6.22. The Morgan fingerprint density at radius 2 is 2.21 bits per heavy atom. The van der Waals surface area contributed by atoms with Gasteiger partial charge in [0.15, 0.2) is 0 Å². The first-order valence-corrected chi connectivity index (χ1v) is 4.96. The zero-order chi connectivity index (χ0) is 10.6. The third kappa shape index (κ3) is 2.16. The Labute approximate surface area is 86.0 Å². The first kappa shape index (κ1) is 10.8. The molecule has 0 unspecified atom stereocenters. The standard InChI is InChI=1S/C11H19N3/c1-4-10-7-6-9(11(12)13-3)8-14(10)5-2/h4-5,9-10H,1-2,6-8H2,3H3,(H2,12,13)/t9-,10+/m1/s1. The molecule has 1 heterocycles. The van der Waals surface area contributed by atoms with Crippen LogP contribution in [0.3, 0.4) is 0 Å². The molecule has 2 atom stereocenters. The summed E-state index contributed by atoms with van der Waals surface area (Å²) in [7, 11) is 1.74. The van der Waals surface area contributed by atoms with Crippen molar-refractivity contribution in [2.24, 2.45) is 16.6 Å². The second-order valence-electron chi connectivity index (χ2n) is 3.61. The SMILES string of the molecule is C=C[C@H]1CC[C@@H](C(N)=NC)CN1C=C. The first-order chi connectivity index (χ1) is 6.72. The summed E-state index contributed by atoms with van der Waals surface area (Å²) in [5.41, 5.74) is 5.81. The fourth-order valence-electron chi connectivity index (χ4n) is 1.91. The monoisotopic (exact) mass is 193 g/mol. The van der Waals surface area contributed by atoms with Gasteiger partial charge in [0.1, 0.15) is 0 Å². The summed E-state index contributed by atoms with van der Waals surface area (Å²) in [6, 6.07) is 0.411. The van der Waals surface area contributed by atoms with Crippen molar-refractivity contribution in [2.45, 2.75) is 18.9 Å². The minimum atomic E-state index is 0.370. The van der Waals surface area contributed by atoms with E-state index in [2.05, 4.69) is 23.1 Å². The molecule has 0 aromatic carbocycles. The number of nitrogens with zero attached hydrogens (tertiary/aromatic N) is 2. The summed E-state index contributed by atoms with van der Waals surface area (Å²) in [6.45, 7) is 8.53. The molecule has 2 N–H and O–H groups in total. The van der Waals surface area contributed by atoms with Gasteiger partial charge >= 0.3 is 0 Å². The number of aliphatic imine (C=N–C) groups is 1. The van der Waals surface area contributed by atoms with Gasteiger partial charge in [0, 0.05) is 25.6 Å². The van der Waals surface area contributed by atoms with Crippen molar-refractivity contribution in [1.29, 1.82) is 0 Å². The van der Waals surface area contributed by atoms with E-state index in [9.17, 15) is 0 Å². The van der Waals surface area contributed by atoms with Crippen molar-refractivity contribution in [2.75, 3.05) is 13.6 Å². The smallest absolute Gasteiger partial charge is 0.0982 e. The van der Waals surface area contributed by atoms with Crippen LogP contribution in [0.25, 0.3) is 0 Å². The highest BCUT2D eigenvalue weighted by Gasteiger charge is 2.25. The van der Waals surface area contributed by atoms with Crippen LogP contribution in [0.5, 0.6) is 0 Å². The van der Waals surface area contributed by atoms with Gasteiger partial charge in [0.25, 0.3) is 0 Å². The molecule has 0 aliphatic carbocycles. The summed E-state index contributed by atoms with van der Waals surface area (Å²) < 4.78 is 0. The molecule has 1 aliphatic heterocycles. The van der Waals surface area contributed by atoms with Crippen LogP contribution in [-0.2, 0) is 0 Å². The number of likely N-dealkylation sites (tertiary alicyclic amines) is 1. The largest absolute Gasteiger partial charge is 0.387 e. The molecule has 3 heteroatoms. The van der Waals surface area contributed by atoms with Crippen LogP contribution in [0.2, 0.25) is 0 Å². The fourth-order valence-corrected chi connectivity index (χ4v) is 1.91. The van der Waals surface area contributed by atoms with Crippen LogP contribution in [0, 0.1) is 5.92 Å². The van der Waals surface area contributed by atoms with Crippen molar-refractivity contribution in [1.82, 2.24) is 4.90 Å². The Bertz CT molecular complexity index is 245. The van der Waals surface area contributed by atoms with E-state index in [0.29, 0.717) is 12.0 Å². The number of nitrogens with two attached hydrogens (primary N) is 1. The van der Waals surface area contributed by atoms with Crippen molar-refractivity contribution in [3.63, 3.8) is 0 Å². The highest BCUT2D eigenvalue weighted by atomic mass is 15.1. The lowest BCUT2D eigenvalue weighted by Gasteiger charge is -2.37.